The zero-order valence-electron chi connectivity index (χ0n) is 19.5. The molecule has 1 unspecified atom stereocenters. The van der Waals surface area contributed by atoms with Gasteiger partial charge < -0.3 is 25.0 Å². The fourth-order valence-electron chi connectivity index (χ4n) is 4.21. The first kappa shape index (κ1) is 24.0. The monoisotopic (exact) mass is 477 g/mol. The Morgan fingerprint density at radius 1 is 1.09 bits per heavy atom. The predicted molar refractivity (Wildman–Crippen MR) is 127 cm³/mol. The van der Waals surface area contributed by atoms with Gasteiger partial charge in [0.25, 0.3) is 5.91 Å². The van der Waals surface area contributed by atoms with Gasteiger partial charge in [-0.25, -0.2) is 9.59 Å². The number of hydrogen-bond donors (Lipinski definition) is 3. The highest BCUT2D eigenvalue weighted by molar-refractivity contribution is 5.95. The molecule has 182 valence electrons. The third-order valence-electron chi connectivity index (χ3n) is 6.31. The van der Waals surface area contributed by atoms with Crippen LogP contribution in [0, 0.1) is 5.92 Å². The second-order valence-electron chi connectivity index (χ2n) is 8.53. The highest BCUT2D eigenvalue weighted by atomic mass is 16.5. The van der Waals surface area contributed by atoms with Gasteiger partial charge in [0, 0.05) is 12.0 Å². The first-order valence-corrected chi connectivity index (χ1v) is 11.5. The van der Waals surface area contributed by atoms with Gasteiger partial charge in [0.2, 0.25) is 0 Å². The molecule has 1 aliphatic carbocycles. The number of aliphatic carboxylic acids is 1. The van der Waals surface area contributed by atoms with Gasteiger partial charge in [-0.15, -0.1) is 0 Å². The van der Waals surface area contributed by atoms with Crippen molar-refractivity contribution in [3.05, 3.63) is 77.2 Å². The summed E-state index contributed by atoms with van der Waals surface area (Å²) in [5.74, 6) is -1.85. The molecule has 2 atom stereocenters. The summed E-state index contributed by atoms with van der Waals surface area (Å²) in [6.45, 7) is 3.72. The molecule has 3 aromatic rings. The molecule has 4 rings (SSSR count). The Balaban J connectivity index is 1.31. The normalized spacial score (nSPS) is 13.9. The van der Waals surface area contributed by atoms with Gasteiger partial charge in [-0.2, -0.15) is 0 Å². The number of fused-ring (bicyclic) bond motifs is 3. The lowest BCUT2D eigenvalue weighted by Gasteiger charge is -2.19. The van der Waals surface area contributed by atoms with Crippen LogP contribution in [0.3, 0.4) is 0 Å². The maximum Gasteiger partial charge on any atom is 0.407 e. The van der Waals surface area contributed by atoms with E-state index in [9.17, 15) is 19.5 Å². The molecule has 0 saturated heterocycles. The molecule has 0 radical (unpaired) electrons. The number of hydrogen-bond acceptors (Lipinski definition) is 6. The van der Waals surface area contributed by atoms with E-state index >= 15 is 0 Å². The van der Waals surface area contributed by atoms with Crippen molar-refractivity contribution in [1.82, 2.24) is 15.8 Å². The number of nitrogens with one attached hydrogen (secondary N) is 2. The van der Waals surface area contributed by atoms with Crippen LogP contribution in [0.15, 0.2) is 59.1 Å². The van der Waals surface area contributed by atoms with Crippen molar-refractivity contribution in [1.29, 1.82) is 0 Å². The molecular formula is C26H27N3O6. The zero-order chi connectivity index (χ0) is 24.9. The van der Waals surface area contributed by atoms with Gasteiger partial charge >= 0.3 is 12.1 Å². The van der Waals surface area contributed by atoms with E-state index < -0.39 is 24.0 Å². The molecule has 0 saturated carbocycles. The van der Waals surface area contributed by atoms with Crippen molar-refractivity contribution in [3.8, 4) is 11.1 Å². The lowest BCUT2D eigenvalue weighted by molar-refractivity contribution is -0.140. The largest absolute Gasteiger partial charge is 0.480 e. The molecule has 0 fully saturated rings. The molecule has 1 heterocycles. The number of carboxylic acid groups (broad SMARTS) is 1. The molecule has 0 spiro atoms. The van der Waals surface area contributed by atoms with Crippen LogP contribution in [0.1, 0.15) is 53.6 Å². The standard InChI is InChI=1S/C26H27N3O6/c1-3-15(2)23(25(31)32)28-24(30)22-12-16(35-29-22)13-27-26(33)34-14-21-19-10-6-4-8-17(19)18-9-5-7-11-20(18)21/h4-12,15,21,23H,3,13-14H2,1-2H3,(H,27,33)(H,28,30)(H,31,32)/t15?,23-/m0/s1. The minimum Gasteiger partial charge on any atom is -0.480 e. The smallest absolute Gasteiger partial charge is 0.407 e. The minimum absolute atomic E-state index is 0.0370. The van der Waals surface area contributed by atoms with E-state index in [-0.39, 0.29) is 36.4 Å². The molecular weight excluding hydrogens is 450 g/mol. The summed E-state index contributed by atoms with van der Waals surface area (Å²) in [4.78, 5) is 36.1. The Bertz CT molecular complexity index is 1190. The number of benzene rings is 2. The first-order chi connectivity index (χ1) is 16.9. The van der Waals surface area contributed by atoms with Crippen LogP contribution in [-0.4, -0.2) is 40.9 Å². The first-order valence-electron chi connectivity index (χ1n) is 11.5. The predicted octanol–water partition coefficient (Wildman–Crippen LogP) is 3.94. The molecule has 3 N–H and O–H groups in total. The van der Waals surface area contributed by atoms with Crippen molar-refractivity contribution in [2.45, 2.75) is 38.8 Å². The van der Waals surface area contributed by atoms with E-state index in [0.717, 1.165) is 22.3 Å². The van der Waals surface area contributed by atoms with Crippen molar-refractivity contribution in [2.75, 3.05) is 6.61 Å². The number of carbonyl (C=O) groups excluding carboxylic acids is 2. The highest BCUT2D eigenvalue weighted by Gasteiger charge is 2.29. The highest BCUT2D eigenvalue weighted by Crippen LogP contribution is 2.44. The Labute approximate surface area is 202 Å². The summed E-state index contributed by atoms with van der Waals surface area (Å²) in [6, 6.07) is 16.4. The van der Waals surface area contributed by atoms with E-state index in [4.69, 9.17) is 9.26 Å². The maximum absolute atomic E-state index is 12.4. The Kier molecular flexibility index (Phi) is 7.14. The number of nitrogens with zero attached hydrogens (tertiary/aromatic N) is 1. The van der Waals surface area contributed by atoms with Gasteiger partial charge in [0.15, 0.2) is 11.5 Å². The topological polar surface area (TPSA) is 131 Å². The lowest BCUT2D eigenvalue weighted by Crippen LogP contribution is -2.45. The molecule has 9 nitrogen and oxygen atoms in total. The molecule has 1 aliphatic rings. The van der Waals surface area contributed by atoms with Gasteiger partial charge in [-0.05, 0) is 28.2 Å². The average molecular weight is 478 g/mol. The Hall–Kier alpha value is -4.14. The number of alkyl carbamates (subject to hydrolysis) is 1. The molecule has 2 amide bonds. The van der Waals surface area contributed by atoms with Crippen molar-refractivity contribution in [2.24, 2.45) is 5.92 Å². The summed E-state index contributed by atoms with van der Waals surface area (Å²) in [6.07, 6.45) is -0.0391. The van der Waals surface area contributed by atoms with Gasteiger partial charge in [0.1, 0.15) is 12.6 Å². The van der Waals surface area contributed by atoms with E-state index in [1.807, 2.05) is 43.3 Å². The van der Waals surface area contributed by atoms with E-state index in [0.29, 0.717) is 6.42 Å². The second kappa shape index (κ2) is 10.4. The van der Waals surface area contributed by atoms with Crippen LogP contribution < -0.4 is 10.6 Å². The SMILES string of the molecule is CCC(C)[C@H](NC(=O)c1cc(CNC(=O)OCC2c3ccccc3-c3ccccc32)on1)C(=O)O. The fourth-order valence-corrected chi connectivity index (χ4v) is 4.21. The van der Waals surface area contributed by atoms with Crippen molar-refractivity contribution < 1.29 is 28.8 Å². The summed E-state index contributed by atoms with van der Waals surface area (Å²) >= 11 is 0. The molecule has 9 heteroatoms. The quantitative estimate of drug-likeness (QED) is 0.425. The summed E-state index contributed by atoms with van der Waals surface area (Å²) in [7, 11) is 0. The molecule has 1 aromatic heterocycles. The van der Waals surface area contributed by atoms with Crippen LogP contribution in [0.4, 0.5) is 4.79 Å². The summed E-state index contributed by atoms with van der Waals surface area (Å²) in [5, 5.41) is 18.1. The average Bonchev–Trinajstić information content (AvgIpc) is 3.47. The Morgan fingerprint density at radius 3 is 2.31 bits per heavy atom. The minimum atomic E-state index is -1.12. The lowest BCUT2D eigenvalue weighted by atomic mass is 9.98. The number of carbonyl (C=O) groups is 3. The molecule has 0 bridgehead atoms. The molecule has 0 aliphatic heterocycles. The maximum atomic E-state index is 12.4. The van der Waals surface area contributed by atoms with Crippen LogP contribution in [0.25, 0.3) is 11.1 Å². The van der Waals surface area contributed by atoms with Crippen LogP contribution >= 0.6 is 0 Å². The number of amides is 2. The van der Waals surface area contributed by atoms with E-state index in [2.05, 4.69) is 27.9 Å². The van der Waals surface area contributed by atoms with E-state index in [1.165, 1.54) is 6.07 Å². The number of carboxylic acids is 1. The van der Waals surface area contributed by atoms with Gasteiger partial charge in [-0.3, -0.25) is 4.79 Å². The summed E-state index contributed by atoms with van der Waals surface area (Å²) in [5.41, 5.74) is 4.45. The number of aromatic nitrogens is 1. The van der Waals surface area contributed by atoms with Gasteiger partial charge in [0.05, 0.1) is 6.54 Å². The van der Waals surface area contributed by atoms with Crippen molar-refractivity contribution >= 4 is 18.0 Å². The van der Waals surface area contributed by atoms with Crippen LogP contribution in [-0.2, 0) is 16.1 Å². The third kappa shape index (κ3) is 5.18. The third-order valence-corrected chi connectivity index (χ3v) is 6.31. The zero-order valence-corrected chi connectivity index (χ0v) is 19.5. The number of rotatable bonds is 9. The fraction of sp³-hybridized carbons (Fsp3) is 0.308. The summed E-state index contributed by atoms with van der Waals surface area (Å²) < 4.78 is 10.6. The van der Waals surface area contributed by atoms with Crippen LogP contribution in [0.2, 0.25) is 0 Å². The van der Waals surface area contributed by atoms with Crippen LogP contribution in [0.5, 0.6) is 0 Å². The second-order valence-corrected chi connectivity index (χ2v) is 8.53. The molecule has 2 aromatic carbocycles. The van der Waals surface area contributed by atoms with Gasteiger partial charge in [-0.1, -0.05) is 74.0 Å². The number of ether oxygens (including phenoxy) is 1. The Morgan fingerprint density at radius 2 is 1.71 bits per heavy atom. The van der Waals surface area contributed by atoms with Crippen molar-refractivity contribution in [3.63, 3.8) is 0 Å². The molecule has 35 heavy (non-hydrogen) atoms. The van der Waals surface area contributed by atoms with E-state index in [1.54, 1.807) is 6.92 Å².